The molecule has 2 aromatic carbocycles. The Bertz CT molecular complexity index is 696. The summed E-state index contributed by atoms with van der Waals surface area (Å²) in [5.41, 5.74) is 3.36. The molecule has 0 heterocycles. The number of hydrogen-bond acceptors (Lipinski definition) is 3. The Morgan fingerprint density at radius 3 is 2.43 bits per heavy atom. The summed E-state index contributed by atoms with van der Waals surface area (Å²) >= 11 is 3.28. The Kier molecular flexibility index (Phi) is 4.84. The molecule has 0 saturated carbocycles. The molecule has 21 heavy (non-hydrogen) atoms. The van der Waals surface area contributed by atoms with Crippen molar-refractivity contribution in [1.29, 1.82) is 0 Å². The minimum absolute atomic E-state index is 0.124. The fourth-order valence-electron chi connectivity index (χ4n) is 1.63. The van der Waals surface area contributed by atoms with Crippen LogP contribution in [-0.4, -0.2) is 23.2 Å². The molecule has 0 radical (unpaired) electrons. The van der Waals surface area contributed by atoms with Gasteiger partial charge < -0.3 is 5.11 Å². The predicted molar refractivity (Wildman–Crippen MR) is 82.6 cm³/mol. The molecular formula is C15H11BrN2O3. The van der Waals surface area contributed by atoms with E-state index in [2.05, 4.69) is 26.5 Å². The molecule has 106 valence electrons. The number of carboxylic acids is 1. The molecule has 0 aliphatic rings. The minimum Gasteiger partial charge on any atom is -0.478 e. The smallest absolute Gasteiger partial charge is 0.336 e. The number of carbonyl (C=O) groups excluding carboxylic acids is 1. The maximum Gasteiger partial charge on any atom is 0.336 e. The van der Waals surface area contributed by atoms with Gasteiger partial charge in [0.25, 0.3) is 5.91 Å². The van der Waals surface area contributed by atoms with E-state index in [0.717, 1.165) is 4.47 Å². The molecule has 6 heteroatoms. The average Bonchev–Trinajstić information content (AvgIpc) is 2.48. The summed E-state index contributed by atoms with van der Waals surface area (Å²) in [6.07, 6.45) is 1.31. The Hall–Kier alpha value is -2.47. The van der Waals surface area contributed by atoms with Crippen molar-refractivity contribution in [3.63, 3.8) is 0 Å². The van der Waals surface area contributed by atoms with Crippen LogP contribution in [0.1, 0.15) is 26.3 Å². The highest BCUT2D eigenvalue weighted by molar-refractivity contribution is 9.10. The molecular weight excluding hydrogens is 336 g/mol. The van der Waals surface area contributed by atoms with Gasteiger partial charge in [0.15, 0.2) is 0 Å². The Labute approximate surface area is 129 Å². The van der Waals surface area contributed by atoms with Crippen LogP contribution in [0.5, 0.6) is 0 Å². The van der Waals surface area contributed by atoms with E-state index in [1.165, 1.54) is 12.3 Å². The first kappa shape index (κ1) is 14.9. The lowest BCUT2D eigenvalue weighted by atomic mass is 10.1. The van der Waals surface area contributed by atoms with Gasteiger partial charge in [-0.05, 0) is 30.3 Å². The summed E-state index contributed by atoms with van der Waals surface area (Å²) in [4.78, 5) is 22.8. The van der Waals surface area contributed by atoms with E-state index < -0.39 is 5.97 Å². The number of halogens is 1. The molecule has 0 saturated heterocycles. The average molecular weight is 347 g/mol. The maximum atomic E-state index is 11.8. The third-order valence-electron chi connectivity index (χ3n) is 2.67. The lowest BCUT2D eigenvalue weighted by Gasteiger charge is -2.01. The number of rotatable bonds is 4. The van der Waals surface area contributed by atoms with Crippen LogP contribution in [0.3, 0.4) is 0 Å². The second kappa shape index (κ2) is 6.81. The van der Waals surface area contributed by atoms with Crippen LogP contribution in [0.2, 0.25) is 0 Å². The maximum absolute atomic E-state index is 11.8. The second-order valence-corrected chi connectivity index (χ2v) is 5.01. The van der Waals surface area contributed by atoms with Crippen LogP contribution in [0.15, 0.2) is 58.1 Å². The number of carboxylic acid groups (broad SMARTS) is 1. The van der Waals surface area contributed by atoms with Crippen LogP contribution < -0.4 is 5.43 Å². The molecule has 0 aliphatic heterocycles. The molecule has 0 bridgehead atoms. The number of nitrogens with one attached hydrogen (secondary N) is 1. The zero-order valence-corrected chi connectivity index (χ0v) is 12.4. The monoisotopic (exact) mass is 346 g/mol. The van der Waals surface area contributed by atoms with Gasteiger partial charge in [0.2, 0.25) is 0 Å². The molecule has 2 rings (SSSR count). The fraction of sp³-hybridized carbons (Fsp3) is 0. The number of nitrogens with zero attached hydrogens (tertiary/aromatic N) is 1. The Balaban J connectivity index is 2.07. The van der Waals surface area contributed by atoms with Crippen molar-refractivity contribution < 1.29 is 14.7 Å². The third kappa shape index (κ3) is 4.00. The molecule has 5 nitrogen and oxygen atoms in total. The summed E-state index contributed by atoms with van der Waals surface area (Å²) in [5, 5.41) is 12.8. The van der Waals surface area contributed by atoms with Gasteiger partial charge in [0.1, 0.15) is 0 Å². The molecule has 1 amide bonds. The van der Waals surface area contributed by atoms with E-state index in [9.17, 15) is 9.59 Å². The topological polar surface area (TPSA) is 78.8 Å². The number of hydrazone groups is 1. The van der Waals surface area contributed by atoms with E-state index in [1.807, 2.05) is 0 Å². The highest BCUT2D eigenvalue weighted by atomic mass is 79.9. The summed E-state index contributed by atoms with van der Waals surface area (Å²) in [6.45, 7) is 0. The van der Waals surface area contributed by atoms with Crippen molar-refractivity contribution in [2.24, 2.45) is 5.10 Å². The van der Waals surface area contributed by atoms with Gasteiger partial charge in [-0.15, -0.1) is 0 Å². The first-order valence-electron chi connectivity index (χ1n) is 5.99. The van der Waals surface area contributed by atoms with Crippen LogP contribution >= 0.6 is 15.9 Å². The lowest BCUT2D eigenvalue weighted by molar-refractivity contribution is 0.0696. The van der Waals surface area contributed by atoms with Gasteiger partial charge in [-0.3, -0.25) is 4.79 Å². The number of aromatic carboxylic acids is 1. The Morgan fingerprint density at radius 2 is 1.76 bits per heavy atom. The zero-order valence-electron chi connectivity index (χ0n) is 10.8. The van der Waals surface area contributed by atoms with E-state index in [-0.39, 0.29) is 11.5 Å². The highest BCUT2D eigenvalue weighted by Crippen LogP contribution is 2.10. The quantitative estimate of drug-likeness (QED) is 0.659. The van der Waals surface area contributed by atoms with Crippen molar-refractivity contribution in [3.8, 4) is 0 Å². The highest BCUT2D eigenvalue weighted by Gasteiger charge is 2.07. The number of carbonyl (C=O) groups is 2. The minimum atomic E-state index is -1.05. The molecule has 0 fully saturated rings. The van der Waals surface area contributed by atoms with Gasteiger partial charge in [-0.25, -0.2) is 10.2 Å². The summed E-state index contributed by atoms with van der Waals surface area (Å²) in [5.74, 6) is -1.41. The van der Waals surface area contributed by atoms with Crippen molar-refractivity contribution in [3.05, 3.63) is 69.7 Å². The number of amides is 1. The van der Waals surface area contributed by atoms with E-state index >= 15 is 0 Å². The zero-order chi connectivity index (χ0) is 15.2. The SMILES string of the molecule is O=C(N/N=C\c1ccccc1C(=O)O)c1ccc(Br)cc1. The third-order valence-corrected chi connectivity index (χ3v) is 3.20. The molecule has 2 aromatic rings. The largest absolute Gasteiger partial charge is 0.478 e. The molecule has 0 atom stereocenters. The van der Waals surface area contributed by atoms with Gasteiger partial charge in [0.05, 0.1) is 11.8 Å². The molecule has 0 aliphatic carbocycles. The summed E-state index contributed by atoms with van der Waals surface area (Å²) in [6, 6.07) is 13.2. The van der Waals surface area contributed by atoms with Crippen LogP contribution in [-0.2, 0) is 0 Å². The van der Waals surface area contributed by atoms with Crippen molar-refractivity contribution in [2.45, 2.75) is 0 Å². The van der Waals surface area contributed by atoms with Crippen molar-refractivity contribution in [2.75, 3.05) is 0 Å². The molecule has 0 spiro atoms. The summed E-state index contributed by atoms with van der Waals surface area (Å²) < 4.78 is 0.873. The van der Waals surface area contributed by atoms with Crippen molar-refractivity contribution >= 4 is 34.0 Å². The Morgan fingerprint density at radius 1 is 1.10 bits per heavy atom. The van der Waals surface area contributed by atoms with Gasteiger partial charge >= 0.3 is 5.97 Å². The fourth-order valence-corrected chi connectivity index (χ4v) is 1.89. The lowest BCUT2D eigenvalue weighted by Crippen LogP contribution is -2.17. The normalized spacial score (nSPS) is 10.5. The number of benzene rings is 2. The summed E-state index contributed by atoms with van der Waals surface area (Å²) in [7, 11) is 0. The van der Waals surface area contributed by atoms with Crippen LogP contribution in [0.25, 0.3) is 0 Å². The molecule has 0 unspecified atom stereocenters. The van der Waals surface area contributed by atoms with Crippen LogP contribution in [0.4, 0.5) is 0 Å². The van der Waals surface area contributed by atoms with E-state index in [0.29, 0.717) is 11.1 Å². The van der Waals surface area contributed by atoms with Gasteiger partial charge in [-0.2, -0.15) is 5.10 Å². The second-order valence-electron chi connectivity index (χ2n) is 4.10. The molecule has 2 N–H and O–H groups in total. The van der Waals surface area contributed by atoms with Crippen LogP contribution in [0, 0.1) is 0 Å². The van der Waals surface area contributed by atoms with E-state index in [4.69, 9.17) is 5.11 Å². The van der Waals surface area contributed by atoms with E-state index in [1.54, 1.807) is 42.5 Å². The predicted octanol–water partition coefficient (Wildman–Crippen LogP) is 2.91. The first-order chi connectivity index (χ1) is 10.1. The molecule has 0 aromatic heterocycles. The number of hydrogen-bond donors (Lipinski definition) is 2. The first-order valence-corrected chi connectivity index (χ1v) is 6.78. The van der Waals surface area contributed by atoms with Crippen molar-refractivity contribution in [1.82, 2.24) is 5.43 Å². The van der Waals surface area contributed by atoms with Gasteiger partial charge in [-0.1, -0.05) is 34.1 Å². The standard InChI is InChI=1S/C15H11BrN2O3/c16-12-7-5-10(6-8-12)14(19)18-17-9-11-3-1-2-4-13(11)15(20)21/h1-9H,(H,18,19)(H,20,21)/b17-9-. The van der Waals surface area contributed by atoms with Gasteiger partial charge in [0, 0.05) is 15.6 Å².